The summed E-state index contributed by atoms with van der Waals surface area (Å²) in [5.74, 6) is -1.89. The maximum atomic E-state index is 13.9. The molecule has 2 saturated heterocycles. The maximum absolute atomic E-state index is 13.9. The molecule has 8 heteroatoms. The lowest BCUT2D eigenvalue weighted by Gasteiger charge is -2.28. The minimum atomic E-state index is -1.11. The molecule has 0 radical (unpaired) electrons. The predicted molar refractivity (Wildman–Crippen MR) is 130 cm³/mol. The lowest BCUT2D eigenvalue weighted by Crippen LogP contribution is -2.37. The van der Waals surface area contributed by atoms with Gasteiger partial charge in [-0.05, 0) is 29.7 Å². The minimum Gasteiger partial charge on any atom is -0.273 e. The molecule has 0 bridgehead atoms. The van der Waals surface area contributed by atoms with E-state index >= 15 is 0 Å². The second kappa shape index (κ2) is 8.03. The first kappa shape index (κ1) is 21.0. The van der Waals surface area contributed by atoms with Crippen molar-refractivity contribution >= 4 is 39.6 Å². The van der Waals surface area contributed by atoms with E-state index in [1.54, 1.807) is 54.6 Å². The molecule has 3 atom stereocenters. The molecule has 2 aliphatic heterocycles. The van der Waals surface area contributed by atoms with Gasteiger partial charge in [-0.1, -0.05) is 66.7 Å². The van der Waals surface area contributed by atoms with Crippen LogP contribution in [0.1, 0.15) is 11.6 Å². The molecule has 6 rings (SSSR count). The number of imide groups is 1. The van der Waals surface area contributed by atoms with Crippen LogP contribution in [0.4, 0.5) is 17.1 Å². The standard InChI is InChI=1S/C27H19N3O5/c31-26-23-24(20-14-6-7-15-22(20)30(33)34)29(18-11-2-1-3-12-18)35-25(23)27(32)28(26)21-16-8-10-17-9-4-5-13-19(17)21/h1-16,23-25H. The largest absolute Gasteiger partial charge is 0.274 e. The third kappa shape index (κ3) is 3.18. The van der Waals surface area contributed by atoms with Gasteiger partial charge in [-0.2, -0.15) is 0 Å². The van der Waals surface area contributed by atoms with Crippen molar-refractivity contribution in [3.8, 4) is 0 Å². The molecule has 0 aliphatic carbocycles. The molecule has 0 saturated carbocycles. The van der Waals surface area contributed by atoms with Gasteiger partial charge < -0.3 is 0 Å². The smallest absolute Gasteiger partial charge is 0.273 e. The van der Waals surface area contributed by atoms with E-state index in [1.807, 2.05) is 36.4 Å². The Hall–Kier alpha value is -4.56. The van der Waals surface area contributed by atoms with Crippen LogP contribution in [-0.2, 0) is 14.4 Å². The van der Waals surface area contributed by atoms with Crippen molar-refractivity contribution in [3.05, 3.63) is 113 Å². The average molecular weight is 465 g/mol. The number of fused-ring (bicyclic) bond motifs is 2. The number of benzene rings is 4. The molecule has 3 unspecified atom stereocenters. The topological polar surface area (TPSA) is 93.0 Å². The minimum absolute atomic E-state index is 0.133. The summed E-state index contributed by atoms with van der Waals surface area (Å²) in [6.07, 6.45) is -1.11. The summed E-state index contributed by atoms with van der Waals surface area (Å²) in [7, 11) is 0. The molecule has 0 aromatic heterocycles. The molecule has 172 valence electrons. The molecule has 8 nitrogen and oxygen atoms in total. The maximum Gasteiger partial charge on any atom is 0.274 e. The highest BCUT2D eigenvalue weighted by atomic mass is 16.7. The van der Waals surface area contributed by atoms with Crippen LogP contribution in [0.5, 0.6) is 0 Å². The van der Waals surface area contributed by atoms with E-state index in [2.05, 4.69) is 0 Å². The highest BCUT2D eigenvalue weighted by Crippen LogP contribution is 2.49. The van der Waals surface area contributed by atoms with Crippen molar-refractivity contribution in [3.63, 3.8) is 0 Å². The predicted octanol–water partition coefficient (Wildman–Crippen LogP) is 4.80. The number of nitrogens with zero attached hydrogens (tertiary/aromatic N) is 3. The number of hydrogen-bond acceptors (Lipinski definition) is 6. The first-order valence-corrected chi connectivity index (χ1v) is 11.2. The number of hydroxylamine groups is 1. The Morgan fingerprint density at radius 3 is 2.26 bits per heavy atom. The van der Waals surface area contributed by atoms with Gasteiger partial charge >= 0.3 is 0 Å². The lowest BCUT2D eigenvalue weighted by atomic mass is 9.89. The normalized spacial score (nSPS) is 21.5. The van der Waals surface area contributed by atoms with Crippen molar-refractivity contribution in [1.29, 1.82) is 0 Å². The van der Waals surface area contributed by atoms with Crippen LogP contribution in [0.3, 0.4) is 0 Å². The first-order valence-electron chi connectivity index (χ1n) is 11.2. The molecular weight excluding hydrogens is 446 g/mol. The van der Waals surface area contributed by atoms with Crippen LogP contribution in [0, 0.1) is 16.0 Å². The third-order valence-electron chi connectivity index (χ3n) is 6.59. The number of nitro benzene ring substituents is 1. The zero-order valence-corrected chi connectivity index (χ0v) is 18.4. The Kier molecular flexibility index (Phi) is 4.82. The van der Waals surface area contributed by atoms with Gasteiger partial charge in [0, 0.05) is 11.5 Å². The zero-order valence-electron chi connectivity index (χ0n) is 18.4. The molecule has 0 N–H and O–H groups in total. The van der Waals surface area contributed by atoms with Crippen LogP contribution in [0.25, 0.3) is 10.8 Å². The van der Waals surface area contributed by atoms with Crippen molar-refractivity contribution in [2.75, 3.05) is 9.96 Å². The number of rotatable bonds is 4. The molecular formula is C27H19N3O5. The summed E-state index contributed by atoms with van der Waals surface area (Å²) in [4.78, 5) is 46.2. The second-order valence-corrected chi connectivity index (χ2v) is 8.48. The van der Waals surface area contributed by atoms with Crippen molar-refractivity contribution < 1.29 is 19.3 Å². The van der Waals surface area contributed by atoms with E-state index in [9.17, 15) is 19.7 Å². The third-order valence-corrected chi connectivity index (χ3v) is 6.59. The molecule has 2 fully saturated rings. The molecule has 0 spiro atoms. The fourth-order valence-electron chi connectivity index (χ4n) is 5.07. The van der Waals surface area contributed by atoms with Crippen LogP contribution >= 0.6 is 0 Å². The molecule has 35 heavy (non-hydrogen) atoms. The van der Waals surface area contributed by atoms with Crippen LogP contribution < -0.4 is 9.96 Å². The number of para-hydroxylation sites is 2. The van der Waals surface area contributed by atoms with Gasteiger partial charge in [0.05, 0.1) is 21.9 Å². The molecule has 2 amide bonds. The fourth-order valence-corrected chi connectivity index (χ4v) is 5.07. The lowest BCUT2D eigenvalue weighted by molar-refractivity contribution is -0.385. The van der Waals surface area contributed by atoms with Gasteiger partial charge in [-0.15, -0.1) is 0 Å². The summed E-state index contributed by atoms with van der Waals surface area (Å²) in [6.45, 7) is 0. The van der Waals surface area contributed by atoms with E-state index in [-0.39, 0.29) is 5.69 Å². The Balaban J connectivity index is 1.50. The van der Waals surface area contributed by atoms with Gasteiger partial charge in [0.25, 0.3) is 11.6 Å². The zero-order chi connectivity index (χ0) is 24.1. The summed E-state index contributed by atoms with van der Waals surface area (Å²) < 4.78 is 0. The van der Waals surface area contributed by atoms with Crippen LogP contribution in [0.15, 0.2) is 97.1 Å². The number of amides is 2. The molecule has 2 heterocycles. The first-order chi connectivity index (χ1) is 17.1. The highest BCUT2D eigenvalue weighted by Gasteiger charge is 2.61. The number of nitro groups is 1. The van der Waals surface area contributed by atoms with Crippen molar-refractivity contribution in [1.82, 2.24) is 0 Å². The molecule has 4 aromatic carbocycles. The van der Waals surface area contributed by atoms with Gasteiger partial charge in [-0.25, -0.2) is 9.96 Å². The van der Waals surface area contributed by atoms with Crippen molar-refractivity contribution in [2.24, 2.45) is 5.92 Å². The van der Waals surface area contributed by atoms with E-state index in [0.29, 0.717) is 16.9 Å². The Morgan fingerprint density at radius 1 is 0.771 bits per heavy atom. The van der Waals surface area contributed by atoms with Gasteiger partial charge in [0.2, 0.25) is 5.91 Å². The highest BCUT2D eigenvalue weighted by molar-refractivity contribution is 6.26. The summed E-state index contributed by atoms with van der Waals surface area (Å²) in [5.41, 5.74) is 1.26. The Morgan fingerprint density at radius 2 is 1.46 bits per heavy atom. The monoisotopic (exact) mass is 465 g/mol. The van der Waals surface area contributed by atoms with Crippen molar-refractivity contribution in [2.45, 2.75) is 12.1 Å². The number of hydrogen-bond donors (Lipinski definition) is 0. The Labute approximate surface area is 200 Å². The summed E-state index contributed by atoms with van der Waals surface area (Å²) in [6, 6.07) is 27.3. The van der Waals surface area contributed by atoms with Crippen LogP contribution in [-0.4, -0.2) is 22.8 Å². The average Bonchev–Trinajstić information content (AvgIpc) is 3.40. The summed E-state index contributed by atoms with van der Waals surface area (Å²) >= 11 is 0. The van der Waals surface area contributed by atoms with Gasteiger partial charge in [0.1, 0.15) is 12.0 Å². The number of carbonyl (C=O) groups excluding carboxylic acids is 2. The molecule has 4 aromatic rings. The van der Waals surface area contributed by atoms with Gasteiger partial charge in [-0.3, -0.25) is 24.5 Å². The van der Waals surface area contributed by atoms with E-state index in [0.717, 1.165) is 10.8 Å². The van der Waals surface area contributed by atoms with Crippen LogP contribution in [0.2, 0.25) is 0 Å². The number of anilines is 2. The van der Waals surface area contributed by atoms with E-state index in [1.165, 1.54) is 16.0 Å². The Bertz CT molecular complexity index is 1480. The quantitative estimate of drug-likeness (QED) is 0.244. The second-order valence-electron chi connectivity index (χ2n) is 8.48. The SMILES string of the molecule is O=C1C2ON(c3ccccc3)C(c3ccccc3[N+](=O)[O-])C2C(=O)N1c1cccc2ccccc12. The number of carbonyl (C=O) groups is 2. The van der Waals surface area contributed by atoms with E-state index < -0.39 is 34.8 Å². The molecule has 2 aliphatic rings. The van der Waals surface area contributed by atoms with E-state index in [4.69, 9.17) is 4.84 Å². The van der Waals surface area contributed by atoms with Gasteiger partial charge in [0.15, 0.2) is 6.10 Å². The summed E-state index contributed by atoms with van der Waals surface area (Å²) in [5, 5.41) is 15.0. The fraction of sp³-hybridized carbons (Fsp3) is 0.111.